The first-order valence-corrected chi connectivity index (χ1v) is 30.0. The van der Waals surface area contributed by atoms with E-state index in [1.807, 2.05) is 0 Å². The van der Waals surface area contributed by atoms with Gasteiger partial charge < -0.3 is 161 Å². The highest BCUT2D eigenvalue weighted by atomic mass is 16.8. The number of aliphatic hydroxyl groups is 15. The third-order valence-electron chi connectivity index (χ3n) is 16.4. The lowest BCUT2D eigenvalue weighted by molar-refractivity contribution is -0.385. The van der Waals surface area contributed by atoms with Crippen LogP contribution in [0.1, 0.15) is 72.6 Å². The predicted octanol–water partition coefficient (Wildman–Crippen LogP) is -10.8. The van der Waals surface area contributed by atoms with Crippen molar-refractivity contribution in [1.82, 2.24) is 21.3 Å². The van der Waals surface area contributed by atoms with Crippen LogP contribution in [0.5, 0.6) is 0 Å². The quantitative estimate of drug-likeness (QED) is 0.0123. The molecule has 0 bridgehead atoms. The minimum Gasteiger partial charge on any atom is -0.477 e. The monoisotopic (exact) mass is 1380 g/mol. The van der Waals surface area contributed by atoms with Gasteiger partial charge in [0.25, 0.3) is 17.4 Å². The Balaban J connectivity index is 1.48. The number of amides is 4. The second-order valence-corrected chi connectivity index (χ2v) is 23.4. The number of unbranched alkanes of at least 4 members (excludes halogenated alkanes) is 3. The van der Waals surface area contributed by atoms with Crippen LogP contribution in [0.4, 0.5) is 0 Å². The molecule has 28 atom stereocenters. The number of carbonyl (C=O) groups is 7. The van der Waals surface area contributed by atoms with Gasteiger partial charge in [0.2, 0.25) is 23.6 Å². The summed E-state index contributed by atoms with van der Waals surface area (Å²) in [6.07, 6.45) is -48.9. The van der Waals surface area contributed by atoms with Crippen LogP contribution in [-0.2, 0) is 80.9 Å². The van der Waals surface area contributed by atoms with Gasteiger partial charge in [-0.25, -0.2) is 14.4 Å². The lowest BCUT2D eigenvalue weighted by atomic mass is 9.86. The summed E-state index contributed by atoms with van der Waals surface area (Å²) >= 11 is 0. The number of azide groups is 1. The molecule has 5 saturated heterocycles. The first kappa shape index (κ1) is 80.3. The average Bonchev–Trinajstić information content (AvgIpc) is 0.763. The van der Waals surface area contributed by atoms with Crippen molar-refractivity contribution in [1.29, 1.82) is 0 Å². The number of nitrogens with one attached hydrogen (secondary N) is 4. The molecule has 5 heterocycles. The Morgan fingerprint density at radius 3 is 1.35 bits per heavy atom. The number of hydrogen-bond donors (Lipinski definition) is 22. The maximum Gasteiger partial charge on any atom is 0.364 e. The van der Waals surface area contributed by atoms with Crippen molar-refractivity contribution >= 4 is 41.5 Å². The number of rotatable bonds is 34. The molecule has 0 aromatic rings. The number of nitrogens with zero attached hydrogens (tertiary/aromatic N) is 3. The maximum absolute atomic E-state index is 13.6. The van der Waals surface area contributed by atoms with E-state index in [0.29, 0.717) is 25.7 Å². The zero-order chi connectivity index (χ0) is 71.2. The molecule has 5 fully saturated rings. The summed E-state index contributed by atoms with van der Waals surface area (Å²) in [5.74, 6) is -20.8. The number of carboxylic acid groups (broad SMARTS) is 3. The summed E-state index contributed by atoms with van der Waals surface area (Å²) < 4.78 is 57.6. The first-order valence-electron chi connectivity index (χ1n) is 30.0. The Morgan fingerprint density at radius 1 is 0.526 bits per heavy atom. The van der Waals surface area contributed by atoms with E-state index in [9.17, 15) is 125 Å². The molecule has 42 heteroatoms. The third kappa shape index (κ3) is 19.3. The molecule has 42 nitrogen and oxygen atoms in total. The summed E-state index contributed by atoms with van der Waals surface area (Å²) in [6.45, 7) is -2.50. The molecule has 4 amide bonds. The fourth-order valence-corrected chi connectivity index (χ4v) is 11.8. The number of hydrogen-bond acceptors (Lipinski definition) is 33. The Bertz CT molecular complexity index is 2620. The van der Waals surface area contributed by atoms with Crippen LogP contribution < -0.4 is 21.3 Å². The largest absolute Gasteiger partial charge is 0.477 e. The zero-order valence-corrected chi connectivity index (χ0v) is 51.7. The van der Waals surface area contributed by atoms with Gasteiger partial charge in [-0.1, -0.05) is 18.0 Å². The molecule has 5 rings (SSSR count). The molecule has 95 heavy (non-hydrogen) atoms. The maximum atomic E-state index is 13.6. The van der Waals surface area contributed by atoms with Crippen LogP contribution in [-0.4, -0.2) is 350 Å². The van der Waals surface area contributed by atoms with Crippen molar-refractivity contribution in [3.8, 4) is 0 Å². The topological polar surface area (TPSA) is 673 Å². The summed E-state index contributed by atoms with van der Waals surface area (Å²) in [6, 6.07) is -7.32. The van der Waals surface area contributed by atoms with Gasteiger partial charge in [0, 0.05) is 65.0 Å². The minimum atomic E-state index is -3.56. The third-order valence-corrected chi connectivity index (χ3v) is 16.4. The molecular weight excluding hydrogens is 1290 g/mol. The number of aliphatic hydroxyl groups excluding tert-OH is 15. The van der Waals surface area contributed by atoms with Crippen LogP contribution in [0, 0.1) is 0 Å². The molecule has 0 unspecified atom stereocenters. The molecule has 5 aliphatic rings. The van der Waals surface area contributed by atoms with Gasteiger partial charge in [0.1, 0.15) is 104 Å². The summed E-state index contributed by atoms with van der Waals surface area (Å²) in [7, 11) is 0. The fourth-order valence-electron chi connectivity index (χ4n) is 11.8. The van der Waals surface area contributed by atoms with Crippen molar-refractivity contribution in [2.24, 2.45) is 5.11 Å². The predicted molar refractivity (Wildman–Crippen MR) is 301 cm³/mol. The van der Waals surface area contributed by atoms with Gasteiger partial charge in [-0.15, -0.1) is 0 Å². The molecule has 0 aromatic heterocycles. The highest BCUT2D eigenvalue weighted by molar-refractivity contribution is 5.78. The van der Waals surface area contributed by atoms with Gasteiger partial charge in [0.05, 0.1) is 69.5 Å². The van der Waals surface area contributed by atoms with Crippen LogP contribution in [0.2, 0.25) is 0 Å². The summed E-state index contributed by atoms with van der Waals surface area (Å²) in [5, 5.41) is 212. The van der Waals surface area contributed by atoms with Crippen LogP contribution in [0.25, 0.3) is 10.4 Å². The molecule has 0 spiro atoms. The summed E-state index contributed by atoms with van der Waals surface area (Å²) in [5.41, 5.74) is 8.50. The van der Waals surface area contributed by atoms with Gasteiger partial charge in [-0.3, -0.25) is 19.2 Å². The zero-order valence-electron chi connectivity index (χ0n) is 51.7. The van der Waals surface area contributed by atoms with E-state index in [4.69, 9.17) is 52.9 Å². The average molecular weight is 1380 g/mol. The molecule has 22 N–H and O–H groups in total. The van der Waals surface area contributed by atoms with Crippen LogP contribution in [0.3, 0.4) is 0 Å². The summed E-state index contributed by atoms with van der Waals surface area (Å²) in [4.78, 5) is 92.9. The van der Waals surface area contributed by atoms with Crippen molar-refractivity contribution in [2.45, 2.75) is 243 Å². The van der Waals surface area contributed by atoms with E-state index in [2.05, 4.69) is 31.3 Å². The molecule has 0 radical (unpaired) electrons. The number of aliphatic carboxylic acids is 3. The SMILES string of the molecule is CC(=O)N[C@H]1[C@H](OCCCCCCN=[N+]=[N-])O[C@H](CO)[C@@H](O[C@@H]2O[C@H](CO)[C@H](O)[C@H](O[C@]3(C(=O)O)C[C@H](O)[C@@H](NC(C)=O)[C@H]([C@@H](O)[C@@H](CO)O[C@]4(C(=O)O)C[C@H](O)[C@@H](NC(C)=O)[C@H]([C@@H](O)[C@@H](CO)O[C@]5(C(=O)O)C[C@H](O)[C@@H](NC(C)=O)[C@H]([C@H](O)[C@H](O)CO)O5)O4)O3)[C@H]2O)[C@@H]1O. The fraction of sp³-hybridized carbons (Fsp3) is 0.868. The second-order valence-electron chi connectivity index (χ2n) is 23.4. The van der Waals surface area contributed by atoms with Crippen LogP contribution >= 0.6 is 0 Å². The van der Waals surface area contributed by atoms with E-state index < -0.39 is 264 Å². The number of ether oxygens (including phenoxy) is 10. The van der Waals surface area contributed by atoms with Crippen LogP contribution in [0.15, 0.2) is 5.11 Å². The van der Waals surface area contributed by atoms with E-state index in [1.54, 1.807) is 0 Å². The smallest absolute Gasteiger partial charge is 0.364 e. The Hall–Kier alpha value is -5.40. The second kappa shape index (κ2) is 35.4. The van der Waals surface area contributed by atoms with Crippen molar-refractivity contribution in [3.63, 3.8) is 0 Å². The van der Waals surface area contributed by atoms with E-state index in [1.165, 1.54) is 0 Å². The van der Waals surface area contributed by atoms with E-state index in [0.717, 1.165) is 27.7 Å². The standard InChI is InChI=1S/C53H87N7O35/c1-19(66)56-31-23(70)11-51(48(80)81,92-42(31)35(74)26(73)14-61)90-28(16-63)37(76)43-32(57-20(2)67)24(71)12-52(93-43,49(82)83)91-29(17-64)38(77)44-33(58-21(3)68)25(72)13-53(94-44,50(84)85)95-45-36(75)27(15-62)87-47(40(45)79)89-41-30(18-65)88-46(34(39(41)78)59-22(4)69)86-10-8-6-5-7-9-55-60-54/h23-47,61-65,70-79H,5-18H2,1-4H3,(H,56,66)(H,57,67)(H,58,68)(H,59,69)(H,80,81)(H,82,83)(H,84,85)/t23-,24-,25-,26+,27+,28+,29+,30+,31+,32+,33+,34+,35+,36-,37-,38-,39+,40+,41+,42+,43+,44+,45-,46+,47-,51+,52+,53-/m0/s1. The highest BCUT2D eigenvalue weighted by Gasteiger charge is 2.64. The van der Waals surface area contributed by atoms with Crippen molar-refractivity contribution in [2.75, 3.05) is 46.2 Å². The molecule has 0 aliphatic carbocycles. The Morgan fingerprint density at radius 2 is 0.937 bits per heavy atom. The van der Waals surface area contributed by atoms with Gasteiger partial charge in [-0.05, 0) is 18.4 Å². The highest BCUT2D eigenvalue weighted by Crippen LogP contribution is 2.42. The number of carbonyl (C=O) groups excluding carboxylic acids is 4. The molecular formula is C53H87N7O35. The van der Waals surface area contributed by atoms with E-state index in [-0.39, 0.29) is 13.2 Å². The molecule has 544 valence electrons. The number of carboxylic acids is 3. The Kier molecular flexibility index (Phi) is 29.9. The lowest BCUT2D eigenvalue weighted by Gasteiger charge is -2.51. The van der Waals surface area contributed by atoms with Crippen molar-refractivity contribution in [3.05, 3.63) is 10.4 Å². The van der Waals surface area contributed by atoms with Gasteiger partial charge in [0.15, 0.2) is 12.6 Å². The molecule has 5 aliphatic heterocycles. The minimum absolute atomic E-state index is 0.0107. The van der Waals surface area contributed by atoms with Gasteiger partial charge >= 0.3 is 17.9 Å². The Labute approximate surface area is 539 Å². The normalized spacial score (nSPS) is 37.7. The molecule has 0 aromatic carbocycles. The van der Waals surface area contributed by atoms with Gasteiger partial charge in [-0.2, -0.15) is 0 Å². The first-order chi connectivity index (χ1) is 44.7. The molecule has 0 saturated carbocycles. The lowest BCUT2D eigenvalue weighted by Crippen LogP contribution is -2.72. The van der Waals surface area contributed by atoms with E-state index >= 15 is 0 Å². The van der Waals surface area contributed by atoms with Crippen molar-refractivity contribution < 1.29 is 173 Å².